The van der Waals surface area contributed by atoms with Gasteiger partial charge < -0.3 is 9.64 Å². The van der Waals surface area contributed by atoms with Crippen molar-refractivity contribution in [1.29, 1.82) is 0 Å². The van der Waals surface area contributed by atoms with Crippen LogP contribution in [-0.4, -0.2) is 36.0 Å². The second-order valence-corrected chi connectivity index (χ2v) is 5.83. The minimum Gasteiger partial charge on any atom is -0.465 e. The summed E-state index contributed by atoms with van der Waals surface area (Å²) in [7, 11) is 3.10. The molecule has 1 aliphatic heterocycles. The predicted octanol–water partition coefficient (Wildman–Crippen LogP) is 3.08. The second-order valence-electron chi connectivity index (χ2n) is 5.46. The van der Waals surface area contributed by atoms with Crippen molar-refractivity contribution in [2.45, 2.75) is 0 Å². The van der Waals surface area contributed by atoms with Gasteiger partial charge in [-0.15, -0.1) is 0 Å². The first-order valence-corrected chi connectivity index (χ1v) is 8.01. The minimum atomic E-state index is -0.398. The third kappa shape index (κ3) is 3.16. The number of amides is 1. The molecule has 3 rings (SSSR count). The normalized spacial score (nSPS) is 15.8. The lowest BCUT2D eigenvalue weighted by atomic mass is 10.1. The van der Waals surface area contributed by atoms with Gasteiger partial charge in [0, 0.05) is 7.05 Å². The molecule has 6 heteroatoms. The zero-order chi connectivity index (χ0) is 18.0. The van der Waals surface area contributed by atoms with Crippen LogP contribution in [0.15, 0.2) is 60.3 Å². The molecule has 0 bridgehead atoms. The fourth-order valence-electron chi connectivity index (χ4n) is 2.55. The molecular weight excluding hydrogens is 336 g/mol. The maximum Gasteiger partial charge on any atom is 0.337 e. The summed E-state index contributed by atoms with van der Waals surface area (Å²) in [5.41, 5.74) is 2.45. The molecule has 0 aromatic heterocycles. The van der Waals surface area contributed by atoms with Crippen LogP contribution in [0.4, 0.5) is 5.69 Å². The van der Waals surface area contributed by atoms with Crippen LogP contribution in [0.25, 0.3) is 6.08 Å². The Morgan fingerprint density at radius 1 is 1.08 bits per heavy atom. The smallest absolute Gasteiger partial charge is 0.337 e. The van der Waals surface area contributed by atoms with Crippen LogP contribution in [0.3, 0.4) is 0 Å². The highest BCUT2D eigenvalue weighted by atomic mass is 32.1. The van der Waals surface area contributed by atoms with Gasteiger partial charge in [-0.1, -0.05) is 30.3 Å². The largest absolute Gasteiger partial charge is 0.465 e. The Balaban J connectivity index is 1.92. The number of anilines is 1. The molecule has 0 radical (unpaired) electrons. The highest BCUT2D eigenvalue weighted by molar-refractivity contribution is 7.80. The first-order valence-electron chi connectivity index (χ1n) is 7.60. The highest BCUT2D eigenvalue weighted by Gasteiger charge is 2.36. The topological polar surface area (TPSA) is 49.9 Å². The molecular formula is C19H16N2O3S. The van der Waals surface area contributed by atoms with E-state index in [1.165, 1.54) is 12.0 Å². The standard InChI is InChI=1S/C19H16N2O3S/c1-20-16(12-13-8-10-14(11-9-13)18(23)24-2)17(22)21(19(20)25)15-6-4-3-5-7-15/h3-12H,1-2H3. The number of esters is 1. The van der Waals surface area contributed by atoms with Gasteiger partial charge in [0.1, 0.15) is 5.70 Å². The zero-order valence-corrected chi connectivity index (χ0v) is 14.6. The van der Waals surface area contributed by atoms with E-state index in [-0.39, 0.29) is 5.91 Å². The summed E-state index contributed by atoms with van der Waals surface area (Å²) < 4.78 is 4.68. The van der Waals surface area contributed by atoms with Crippen molar-refractivity contribution in [3.63, 3.8) is 0 Å². The predicted molar refractivity (Wildman–Crippen MR) is 100 cm³/mol. The van der Waals surface area contributed by atoms with E-state index >= 15 is 0 Å². The van der Waals surface area contributed by atoms with Gasteiger partial charge >= 0.3 is 5.97 Å². The highest BCUT2D eigenvalue weighted by Crippen LogP contribution is 2.27. The maximum absolute atomic E-state index is 12.8. The van der Waals surface area contributed by atoms with E-state index in [9.17, 15) is 9.59 Å². The Labute approximate surface area is 151 Å². The number of hydrogen-bond donors (Lipinski definition) is 0. The molecule has 1 amide bonds. The van der Waals surface area contributed by atoms with Gasteiger partial charge in [0.25, 0.3) is 5.91 Å². The molecule has 2 aromatic carbocycles. The first-order chi connectivity index (χ1) is 12.0. The second kappa shape index (κ2) is 6.86. The molecule has 0 atom stereocenters. The molecule has 1 saturated heterocycles. The van der Waals surface area contributed by atoms with Gasteiger partial charge in [0.05, 0.1) is 18.4 Å². The minimum absolute atomic E-state index is 0.184. The lowest BCUT2D eigenvalue weighted by Crippen LogP contribution is -2.30. The number of ether oxygens (including phenoxy) is 1. The van der Waals surface area contributed by atoms with Crippen LogP contribution in [0.2, 0.25) is 0 Å². The Hall–Kier alpha value is -2.99. The number of methoxy groups -OCH3 is 1. The van der Waals surface area contributed by atoms with Crippen molar-refractivity contribution < 1.29 is 14.3 Å². The summed E-state index contributed by atoms with van der Waals surface area (Å²) in [5, 5.41) is 0.425. The van der Waals surface area contributed by atoms with Crippen LogP contribution < -0.4 is 4.90 Å². The number of para-hydroxylation sites is 1. The molecule has 2 aromatic rings. The lowest BCUT2D eigenvalue weighted by Gasteiger charge is -2.16. The van der Waals surface area contributed by atoms with Crippen LogP contribution in [0.5, 0.6) is 0 Å². The first kappa shape index (κ1) is 16.9. The average Bonchev–Trinajstić information content (AvgIpc) is 2.86. The Morgan fingerprint density at radius 2 is 1.72 bits per heavy atom. The summed E-state index contributed by atoms with van der Waals surface area (Å²) in [6, 6.07) is 16.1. The molecule has 0 N–H and O–H groups in total. The lowest BCUT2D eigenvalue weighted by molar-refractivity contribution is -0.114. The van der Waals surface area contributed by atoms with Gasteiger partial charge in [-0.25, -0.2) is 4.79 Å². The third-order valence-electron chi connectivity index (χ3n) is 3.91. The van der Waals surface area contributed by atoms with Crippen molar-refractivity contribution >= 4 is 41.0 Å². The number of rotatable bonds is 3. The number of thiocarbonyl (C=S) groups is 1. The summed E-state index contributed by atoms with van der Waals surface area (Å²) in [6.07, 6.45) is 1.75. The summed E-state index contributed by atoms with van der Waals surface area (Å²) in [4.78, 5) is 27.5. The van der Waals surface area contributed by atoms with E-state index in [0.717, 1.165) is 11.3 Å². The number of nitrogens with zero attached hydrogens (tertiary/aromatic N) is 2. The molecule has 5 nitrogen and oxygen atoms in total. The van der Waals surface area contributed by atoms with Gasteiger partial charge in [-0.3, -0.25) is 9.69 Å². The van der Waals surface area contributed by atoms with Gasteiger partial charge in [-0.05, 0) is 48.1 Å². The molecule has 1 aliphatic rings. The summed E-state index contributed by atoms with van der Waals surface area (Å²) in [5.74, 6) is -0.583. The Bertz CT molecular complexity index is 860. The van der Waals surface area contributed by atoms with Gasteiger partial charge in [0.15, 0.2) is 5.11 Å². The third-order valence-corrected chi connectivity index (χ3v) is 4.37. The fourth-order valence-corrected chi connectivity index (χ4v) is 2.84. The van der Waals surface area contributed by atoms with Crippen LogP contribution in [-0.2, 0) is 9.53 Å². The van der Waals surface area contributed by atoms with E-state index in [2.05, 4.69) is 4.74 Å². The number of benzene rings is 2. The van der Waals surface area contributed by atoms with E-state index in [1.54, 1.807) is 42.3 Å². The fraction of sp³-hybridized carbons (Fsp3) is 0.105. The van der Waals surface area contributed by atoms with Crippen molar-refractivity contribution in [3.05, 3.63) is 71.4 Å². The monoisotopic (exact) mass is 352 g/mol. The average molecular weight is 352 g/mol. The molecule has 1 fully saturated rings. The quantitative estimate of drug-likeness (QED) is 0.483. The van der Waals surface area contributed by atoms with E-state index in [1.807, 2.05) is 30.3 Å². The number of carbonyl (C=O) groups excluding carboxylic acids is 2. The van der Waals surface area contributed by atoms with Gasteiger partial charge in [0.2, 0.25) is 0 Å². The SMILES string of the molecule is COC(=O)c1ccc(C=C2C(=O)N(c3ccccc3)C(=S)N2C)cc1. The number of hydrogen-bond acceptors (Lipinski definition) is 4. The number of likely N-dealkylation sites (N-methyl/N-ethyl adjacent to an activating group) is 1. The van der Waals surface area contributed by atoms with Crippen LogP contribution in [0.1, 0.15) is 15.9 Å². The van der Waals surface area contributed by atoms with E-state index < -0.39 is 5.97 Å². The van der Waals surface area contributed by atoms with Crippen molar-refractivity contribution in [3.8, 4) is 0 Å². The van der Waals surface area contributed by atoms with Crippen molar-refractivity contribution in [2.24, 2.45) is 0 Å². The molecule has 126 valence electrons. The van der Waals surface area contributed by atoms with E-state index in [4.69, 9.17) is 12.2 Å². The molecule has 0 saturated carbocycles. The molecule has 0 unspecified atom stereocenters. The van der Waals surface area contributed by atoms with Crippen LogP contribution in [0, 0.1) is 0 Å². The van der Waals surface area contributed by atoms with Gasteiger partial charge in [-0.2, -0.15) is 0 Å². The van der Waals surface area contributed by atoms with Crippen molar-refractivity contribution in [2.75, 3.05) is 19.1 Å². The molecule has 0 aliphatic carbocycles. The van der Waals surface area contributed by atoms with E-state index in [0.29, 0.717) is 16.4 Å². The zero-order valence-electron chi connectivity index (χ0n) is 13.8. The summed E-state index contributed by atoms with van der Waals surface area (Å²) >= 11 is 5.42. The Kier molecular flexibility index (Phi) is 4.63. The molecule has 0 spiro atoms. The maximum atomic E-state index is 12.8. The van der Waals surface area contributed by atoms with Crippen LogP contribution >= 0.6 is 12.2 Å². The molecule has 25 heavy (non-hydrogen) atoms. The number of carbonyl (C=O) groups is 2. The summed E-state index contributed by atoms with van der Waals surface area (Å²) in [6.45, 7) is 0. The molecule has 1 heterocycles. The Morgan fingerprint density at radius 3 is 2.32 bits per heavy atom. The van der Waals surface area contributed by atoms with Crippen molar-refractivity contribution in [1.82, 2.24) is 4.90 Å².